The van der Waals surface area contributed by atoms with Crippen LogP contribution in [0.15, 0.2) is 71.6 Å². The Bertz CT molecular complexity index is 1430. The average Bonchev–Trinajstić information content (AvgIpc) is 3.19. The quantitative estimate of drug-likeness (QED) is 0.364. The molecule has 1 N–H and O–H groups in total. The van der Waals surface area contributed by atoms with Crippen LogP contribution in [0.5, 0.6) is 0 Å². The topological polar surface area (TPSA) is 66.5 Å². The van der Waals surface area contributed by atoms with E-state index in [0.717, 1.165) is 26.9 Å². The second kappa shape index (κ2) is 8.58. The van der Waals surface area contributed by atoms with Gasteiger partial charge in [0.25, 0.3) is 15.9 Å². The van der Waals surface area contributed by atoms with Crippen molar-refractivity contribution in [2.75, 3.05) is 16.7 Å². The SMILES string of the molecule is Cc1ccc(NC(=O)c2cc3cc(N(C)S(=O)(=O)c4ccc(Cl)cc4)ccc3s2)cc1C. The number of hydrogen-bond donors (Lipinski definition) is 1. The van der Waals surface area contributed by atoms with Gasteiger partial charge in [0.05, 0.1) is 15.5 Å². The molecule has 0 spiro atoms. The second-order valence-electron chi connectivity index (χ2n) is 7.51. The summed E-state index contributed by atoms with van der Waals surface area (Å²) in [7, 11) is -2.23. The van der Waals surface area contributed by atoms with Gasteiger partial charge in [-0.3, -0.25) is 9.10 Å². The van der Waals surface area contributed by atoms with E-state index in [1.54, 1.807) is 30.3 Å². The first kappa shape index (κ1) is 22.3. The van der Waals surface area contributed by atoms with Crippen LogP contribution in [0.2, 0.25) is 5.02 Å². The molecule has 32 heavy (non-hydrogen) atoms. The number of nitrogens with zero attached hydrogens (tertiary/aromatic N) is 1. The molecule has 0 atom stereocenters. The van der Waals surface area contributed by atoms with Crippen molar-refractivity contribution < 1.29 is 13.2 Å². The third-order valence-electron chi connectivity index (χ3n) is 5.32. The smallest absolute Gasteiger partial charge is 0.265 e. The summed E-state index contributed by atoms with van der Waals surface area (Å²) in [6.45, 7) is 4.02. The first-order chi connectivity index (χ1) is 15.1. The van der Waals surface area contributed by atoms with Crippen LogP contribution in [0.4, 0.5) is 11.4 Å². The lowest BCUT2D eigenvalue weighted by Gasteiger charge is -2.19. The minimum Gasteiger partial charge on any atom is -0.321 e. The van der Waals surface area contributed by atoms with E-state index in [2.05, 4.69) is 5.32 Å². The van der Waals surface area contributed by atoms with Crippen LogP contribution in [-0.2, 0) is 10.0 Å². The number of hydrogen-bond acceptors (Lipinski definition) is 4. The number of benzene rings is 3. The van der Waals surface area contributed by atoms with E-state index in [4.69, 9.17) is 11.6 Å². The highest BCUT2D eigenvalue weighted by Gasteiger charge is 2.22. The molecule has 0 aliphatic heterocycles. The zero-order chi connectivity index (χ0) is 23.0. The van der Waals surface area contributed by atoms with Gasteiger partial charge in [-0.2, -0.15) is 0 Å². The normalized spacial score (nSPS) is 11.5. The summed E-state index contributed by atoms with van der Waals surface area (Å²) in [6.07, 6.45) is 0. The molecular weight excluding hydrogens is 464 g/mol. The predicted octanol–water partition coefficient (Wildman–Crippen LogP) is 6.25. The zero-order valence-corrected chi connectivity index (χ0v) is 20.1. The lowest BCUT2D eigenvalue weighted by molar-refractivity contribution is 0.103. The van der Waals surface area contributed by atoms with Crippen molar-refractivity contribution in [3.63, 3.8) is 0 Å². The highest BCUT2D eigenvalue weighted by Crippen LogP contribution is 2.32. The summed E-state index contributed by atoms with van der Waals surface area (Å²) in [5.41, 5.74) is 3.51. The summed E-state index contributed by atoms with van der Waals surface area (Å²) in [5, 5.41) is 4.20. The van der Waals surface area contributed by atoms with E-state index >= 15 is 0 Å². The zero-order valence-electron chi connectivity index (χ0n) is 17.7. The Kier molecular flexibility index (Phi) is 5.99. The summed E-state index contributed by atoms with van der Waals surface area (Å²) in [6, 6.07) is 19.0. The number of aryl methyl sites for hydroxylation is 2. The van der Waals surface area contributed by atoms with Crippen molar-refractivity contribution in [2.45, 2.75) is 18.7 Å². The Morgan fingerprint density at radius 1 is 0.938 bits per heavy atom. The van der Waals surface area contributed by atoms with Gasteiger partial charge in [-0.05, 0) is 91.0 Å². The van der Waals surface area contributed by atoms with Crippen molar-refractivity contribution in [1.82, 2.24) is 0 Å². The molecule has 1 heterocycles. The van der Waals surface area contributed by atoms with Crippen LogP contribution in [0.25, 0.3) is 10.1 Å². The summed E-state index contributed by atoms with van der Waals surface area (Å²) in [4.78, 5) is 13.5. The maximum atomic E-state index is 13.0. The number of rotatable bonds is 5. The van der Waals surface area contributed by atoms with Gasteiger partial charge in [0.15, 0.2) is 0 Å². The number of carbonyl (C=O) groups is 1. The minimum absolute atomic E-state index is 0.156. The van der Waals surface area contributed by atoms with Crippen LogP contribution >= 0.6 is 22.9 Å². The second-order valence-corrected chi connectivity index (χ2v) is 11.0. The fourth-order valence-corrected chi connectivity index (χ4v) is 5.51. The Balaban J connectivity index is 1.60. The first-order valence-electron chi connectivity index (χ1n) is 9.82. The number of sulfonamides is 1. The summed E-state index contributed by atoms with van der Waals surface area (Å²) >= 11 is 7.24. The van der Waals surface area contributed by atoms with Crippen LogP contribution in [0.1, 0.15) is 20.8 Å². The maximum absolute atomic E-state index is 13.0. The Hall–Kier alpha value is -2.87. The van der Waals surface area contributed by atoms with Crippen LogP contribution in [0, 0.1) is 13.8 Å². The number of nitrogens with one attached hydrogen (secondary N) is 1. The molecule has 0 radical (unpaired) electrons. The van der Waals surface area contributed by atoms with Crippen LogP contribution in [-0.4, -0.2) is 21.4 Å². The summed E-state index contributed by atoms with van der Waals surface area (Å²) < 4.78 is 28.1. The molecule has 0 fully saturated rings. The fraction of sp³-hybridized carbons (Fsp3) is 0.125. The number of anilines is 2. The number of fused-ring (bicyclic) bond motifs is 1. The predicted molar refractivity (Wildman–Crippen MR) is 133 cm³/mol. The molecule has 0 aliphatic carbocycles. The monoisotopic (exact) mass is 484 g/mol. The Morgan fingerprint density at radius 2 is 1.66 bits per heavy atom. The number of halogens is 1. The fourth-order valence-electron chi connectivity index (χ4n) is 3.25. The molecule has 0 saturated heterocycles. The molecule has 4 aromatic rings. The molecule has 8 heteroatoms. The van der Waals surface area contributed by atoms with E-state index in [1.807, 2.05) is 38.1 Å². The molecule has 0 aliphatic rings. The van der Waals surface area contributed by atoms with E-state index in [1.165, 1.54) is 34.8 Å². The molecule has 4 rings (SSSR count). The molecule has 0 unspecified atom stereocenters. The van der Waals surface area contributed by atoms with Gasteiger partial charge in [-0.25, -0.2) is 8.42 Å². The van der Waals surface area contributed by atoms with Gasteiger partial charge >= 0.3 is 0 Å². The largest absolute Gasteiger partial charge is 0.321 e. The highest BCUT2D eigenvalue weighted by molar-refractivity contribution is 7.92. The van der Waals surface area contributed by atoms with Crippen molar-refractivity contribution in [2.24, 2.45) is 0 Å². The average molecular weight is 485 g/mol. The maximum Gasteiger partial charge on any atom is 0.265 e. The standard InChI is InChI=1S/C24H21ClN2O3S2/c1-15-4-7-19(12-16(15)2)26-24(28)23-14-17-13-20(8-11-22(17)31-23)27(3)32(29,30)21-9-5-18(25)6-10-21/h4-14H,1-3H3,(H,26,28). The van der Waals surface area contributed by atoms with Crippen molar-refractivity contribution >= 4 is 60.3 Å². The molecule has 5 nitrogen and oxygen atoms in total. The van der Waals surface area contributed by atoms with Crippen molar-refractivity contribution in [3.05, 3.63) is 87.8 Å². The van der Waals surface area contributed by atoms with E-state index in [0.29, 0.717) is 15.6 Å². The highest BCUT2D eigenvalue weighted by atomic mass is 35.5. The van der Waals surface area contributed by atoms with Crippen molar-refractivity contribution in [3.8, 4) is 0 Å². The van der Waals surface area contributed by atoms with E-state index < -0.39 is 10.0 Å². The van der Waals surface area contributed by atoms with Gasteiger partial charge in [0.1, 0.15) is 0 Å². The lowest BCUT2D eigenvalue weighted by Crippen LogP contribution is -2.26. The lowest BCUT2D eigenvalue weighted by atomic mass is 10.1. The minimum atomic E-state index is -3.74. The third kappa shape index (κ3) is 4.37. The third-order valence-corrected chi connectivity index (χ3v) is 8.49. The number of thiophene rings is 1. The molecule has 0 saturated carbocycles. The summed E-state index contributed by atoms with van der Waals surface area (Å²) in [5.74, 6) is -0.196. The number of amides is 1. The van der Waals surface area contributed by atoms with Gasteiger partial charge in [-0.15, -0.1) is 11.3 Å². The van der Waals surface area contributed by atoms with Crippen LogP contribution < -0.4 is 9.62 Å². The van der Waals surface area contributed by atoms with Gasteiger partial charge in [0, 0.05) is 22.5 Å². The number of carbonyl (C=O) groups excluding carboxylic acids is 1. The first-order valence-corrected chi connectivity index (χ1v) is 12.5. The van der Waals surface area contributed by atoms with Crippen molar-refractivity contribution in [1.29, 1.82) is 0 Å². The molecule has 0 bridgehead atoms. The van der Waals surface area contributed by atoms with E-state index in [-0.39, 0.29) is 10.8 Å². The molecule has 1 amide bonds. The molecular formula is C24H21ClN2O3S2. The van der Waals surface area contributed by atoms with Gasteiger partial charge in [-0.1, -0.05) is 17.7 Å². The van der Waals surface area contributed by atoms with Crippen LogP contribution in [0.3, 0.4) is 0 Å². The van der Waals surface area contributed by atoms with E-state index in [9.17, 15) is 13.2 Å². The van der Waals surface area contributed by atoms with Gasteiger partial charge < -0.3 is 5.32 Å². The molecule has 3 aromatic carbocycles. The molecule has 1 aromatic heterocycles. The van der Waals surface area contributed by atoms with Gasteiger partial charge in [0.2, 0.25) is 0 Å². The Labute approximate surface area is 196 Å². The molecule has 164 valence electrons. The Morgan fingerprint density at radius 3 is 2.34 bits per heavy atom.